The Balaban J connectivity index is 1.98. The number of carbonyl (C=O) groups excluding carboxylic acids is 3. The molecule has 0 aromatic heterocycles. The molecular formula is C24H27Cl2N3O5S. The molecule has 0 spiro atoms. The zero-order valence-corrected chi connectivity index (χ0v) is 21.9. The van der Waals surface area contributed by atoms with Gasteiger partial charge in [-0.1, -0.05) is 47.8 Å². The van der Waals surface area contributed by atoms with Crippen LogP contribution in [-0.4, -0.2) is 55.2 Å². The van der Waals surface area contributed by atoms with E-state index in [1.807, 2.05) is 4.90 Å². The number of hydrogen-bond acceptors (Lipinski definition) is 7. The fourth-order valence-electron chi connectivity index (χ4n) is 4.27. The number of esters is 1. The molecular weight excluding hydrogens is 513 g/mol. The first-order chi connectivity index (χ1) is 16.8. The Kier molecular flexibility index (Phi) is 9.72. The minimum Gasteiger partial charge on any atom is -0.491 e. The van der Waals surface area contributed by atoms with E-state index < -0.39 is 23.7 Å². The standard InChI is InChI=1S/C24H27Cl2N3O5S/c1-3-34-21-16(25)10-14(11-17(21)26)19-15(12-27)23(28-22(31)20(19)24(32)33-2)35-13-18(30)29-8-6-4-5-7-9-29/h10-11,19-20H,3-9,13H2,1-2H3,(H,28,31)/t19-,20-/m0/s1. The number of methoxy groups -OCH3 is 1. The normalized spacial score (nSPS) is 20.5. The zero-order chi connectivity index (χ0) is 25.5. The van der Waals surface area contributed by atoms with Gasteiger partial charge in [0.25, 0.3) is 0 Å². The number of ether oxygens (including phenoxy) is 2. The van der Waals surface area contributed by atoms with E-state index in [0.717, 1.165) is 37.4 Å². The summed E-state index contributed by atoms with van der Waals surface area (Å²) in [5.41, 5.74) is 0.521. The predicted octanol–water partition coefficient (Wildman–Crippen LogP) is 4.27. The first-order valence-electron chi connectivity index (χ1n) is 11.4. The van der Waals surface area contributed by atoms with Gasteiger partial charge in [0, 0.05) is 19.0 Å². The third-order valence-electron chi connectivity index (χ3n) is 5.95. The molecule has 3 rings (SSSR count). The largest absolute Gasteiger partial charge is 0.491 e. The topological polar surface area (TPSA) is 109 Å². The monoisotopic (exact) mass is 539 g/mol. The Morgan fingerprint density at radius 1 is 1.20 bits per heavy atom. The predicted molar refractivity (Wildman–Crippen MR) is 134 cm³/mol. The van der Waals surface area contributed by atoms with Gasteiger partial charge in [-0.25, -0.2) is 0 Å². The molecule has 0 aliphatic carbocycles. The third-order valence-corrected chi connectivity index (χ3v) is 7.51. The van der Waals surface area contributed by atoms with Crippen LogP contribution in [0.25, 0.3) is 0 Å². The number of thioether (sulfide) groups is 1. The van der Waals surface area contributed by atoms with Crippen molar-refractivity contribution >= 4 is 52.7 Å². The van der Waals surface area contributed by atoms with Crippen LogP contribution in [0.5, 0.6) is 5.75 Å². The third kappa shape index (κ3) is 6.24. The van der Waals surface area contributed by atoms with E-state index in [2.05, 4.69) is 11.4 Å². The highest BCUT2D eigenvalue weighted by Gasteiger charge is 2.45. The van der Waals surface area contributed by atoms with Crippen LogP contribution in [0.15, 0.2) is 22.7 Å². The van der Waals surface area contributed by atoms with Crippen molar-refractivity contribution in [3.63, 3.8) is 0 Å². The Bertz CT molecular complexity index is 1040. The average molecular weight is 540 g/mol. The molecule has 1 aromatic rings. The summed E-state index contributed by atoms with van der Waals surface area (Å²) in [6.45, 7) is 3.52. The van der Waals surface area contributed by atoms with Crippen LogP contribution in [0.1, 0.15) is 44.1 Å². The fraction of sp³-hybridized carbons (Fsp3) is 0.500. The second kappa shape index (κ2) is 12.5. The van der Waals surface area contributed by atoms with Crippen LogP contribution in [0, 0.1) is 17.2 Å². The van der Waals surface area contributed by atoms with E-state index in [0.29, 0.717) is 25.3 Å². The van der Waals surface area contributed by atoms with Crippen molar-refractivity contribution in [2.75, 3.05) is 32.6 Å². The molecule has 2 heterocycles. The van der Waals surface area contributed by atoms with Crippen LogP contribution in [-0.2, 0) is 19.1 Å². The molecule has 188 valence electrons. The molecule has 1 N–H and O–H groups in total. The van der Waals surface area contributed by atoms with Gasteiger partial charge in [-0.2, -0.15) is 5.26 Å². The van der Waals surface area contributed by atoms with Crippen molar-refractivity contribution in [3.8, 4) is 11.8 Å². The lowest BCUT2D eigenvalue weighted by Crippen LogP contribution is -2.44. The number of likely N-dealkylation sites (tertiary alicyclic amines) is 1. The average Bonchev–Trinajstić information content (AvgIpc) is 3.13. The summed E-state index contributed by atoms with van der Waals surface area (Å²) in [5.74, 6) is -3.49. The molecule has 0 unspecified atom stereocenters. The number of amides is 2. The molecule has 8 nitrogen and oxygen atoms in total. The zero-order valence-electron chi connectivity index (χ0n) is 19.6. The first-order valence-corrected chi connectivity index (χ1v) is 13.1. The van der Waals surface area contributed by atoms with Gasteiger partial charge in [0.1, 0.15) is 5.92 Å². The molecule has 11 heteroatoms. The highest BCUT2D eigenvalue weighted by Crippen LogP contribution is 2.44. The van der Waals surface area contributed by atoms with E-state index in [-0.39, 0.29) is 38.1 Å². The Labute approximate surface area is 218 Å². The number of rotatable bonds is 7. The molecule has 0 radical (unpaired) electrons. The summed E-state index contributed by atoms with van der Waals surface area (Å²) in [6.07, 6.45) is 4.11. The van der Waals surface area contributed by atoms with Gasteiger partial charge in [0.05, 0.1) is 46.2 Å². The molecule has 0 bridgehead atoms. The van der Waals surface area contributed by atoms with E-state index >= 15 is 0 Å². The molecule has 2 atom stereocenters. The molecule has 35 heavy (non-hydrogen) atoms. The Morgan fingerprint density at radius 3 is 2.37 bits per heavy atom. The van der Waals surface area contributed by atoms with Crippen molar-refractivity contribution in [2.24, 2.45) is 5.92 Å². The van der Waals surface area contributed by atoms with E-state index in [1.165, 1.54) is 19.2 Å². The lowest BCUT2D eigenvalue weighted by Gasteiger charge is -2.31. The van der Waals surface area contributed by atoms with Crippen molar-refractivity contribution in [2.45, 2.75) is 38.5 Å². The van der Waals surface area contributed by atoms with Crippen molar-refractivity contribution in [1.82, 2.24) is 10.2 Å². The number of carbonyl (C=O) groups is 3. The second-order valence-electron chi connectivity index (χ2n) is 8.15. The van der Waals surface area contributed by atoms with Crippen LogP contribution in [0.3, 0.4) is 0 Å². The number of nitriles is 1. The summed E-state index contributed by atoms with van der Waals surface area (Å²) in [5, 5.41) is 13.3. The molecule has 1 fully saturated rings. The Hall–Kier alpha value is -2.41. The van der Waals surface area contributed by atoms with Gasteiger partial charge >= 0.3 is 5.97 Å². The first kappa shape index (κ1) is 27.2. The lowest BCUT2D eigenvalue weighted by molar-refractivity contribution is -0.150. The number of allylic oxidation sites excluding steroid dienone is 1. The van der Waals surface area contributed by atoms with Gasteiger partial charge < -0.3 is 19.7 Å². The number of halogens is 2. The minimum atomic E-state index is -1.33. The van der Waals surface area contributed by atoms with Gasteiger partial charge in [-0.05, 0) is 37.5 Å². The highest BCUT2D eigenvalue weighted by atomic mass is 35.5. The maximum absolute atomic E-state index is 13.0. The van der Waals surface area contributed by atoms with Crippen LogP contribution in [0.2, 0.25) is 10.0 Å². The smallest absolute Gasteiger partial charge is 0.319 e. The number of hydrogen-bond donors (Lipinski definition) is 1. The number of nitrogens with one attached hydrogen (secondary N) is 1. The summed E-state index contributed by atoms with van der Waals surface area (Å²) >= 11 is 13.8. The van der Waals surface area contributed by atoms with E-state index in [1.54, 1.807) is 6.92 Å². The number of nitrogens with zero attached hydrogens (tertiary/aromatic N) is 2. The second-order valence-corrected chi connectivity index (χ2v) is 9.95. The minimum absolute atomic E-state index is 0.0567. The summed E-state index contributed by atoms with van der Waals surface area (Å²) < 4.78 is 10.3. The van der Waals surface area contributed by atoms with Gasteiger partial charge in [0.15, 0.2) is 5.75 Å². The van der Waals surface area contributed by atoms with E-state index in [9.17, 15) is 19.6 Å². The Morgan fingerprint density at radius 2 is 1.83 bits per heavy atom. The lowest BCUT2D eigenvalue weighted by atomic mass is 9.78. The summed E-state index contributed by atoms with van der Waals surface area (Å²) in [6, 6.07) is 5.17. The van der Waals surface area contributed by atoms with Crippen LogP contribution < -0.4 is 10.1 Å². The molecule has 1 aromatic carbocycles. The molecule has 2 aliphatic heterocycles. The fourth-order valence-corrected chi connectivity index (χ4v) is 5.83. The SMILES string of the molecule is CCOc1c(Cl)cc([C@H]2C(C#N)=C(SCC(=O)N3CCCCCC3)NC(=O)[C@H]2C(=O)OC)cc1Cl. The summed E-state index contributed by atoms with van der Waals surface area (Å²) in [7, 11) is 1.17. The molecule has 2 amide bonds. The van der Waals surface area contributed by atoms with Crippen molar-refractivity contribution in [1.29, 1.82) is 5.26 Å². The summed E-state index contributed by atoms with van der Waals surface area (Å²) in [4.78, 5) is 40.2. The molecule has 0 saturated carbocycles. The van der Waals surface area contributed by atoms with Crippen molar-refractivity contribution in [3.05, 3.63) is 38.3 Å². The highest BCUT2D eigenvalue weighted by molar-refractivity contribution is 8.03. The van der Waals surface area contributed by atoms with Gasteiger partial charge in [-0.3, -0.25) is 14.4 Å². The number of benzene rings is 1. The van der Waals surface area contributed by atoms with Gasteiger partial charge in [0.2, 0.25) is 11.8 Å². The van der Waals surface area contributed by atoms with Crippen LogP contribution >= 0.6 is 35.0 Å². The molecule has 2 aliphatic rings. The maximum Gasteiger partial charge on any atom is 0.319 e. The van der Waals surface area contributed by atoms with E-state index in [4.69, 9.17) is 32.7 Å². The molecule has 1 saturated heterocycles. The van der Waals surface area contributed by atoms with Crippen molar-refractivity contribution < 1.29 is 23.9 Å². The van der Waals surface area contributed by atoms with Gasteiger partial charge in [-0.15, -0.1) is 0 Å². The van der Waals surface area contributed by atoms with Crippen LogP contribution in [0.4, 0.5) is 0 Å². The maximum atomic E-state index is 13.0. The quantitative estimate of drug-likeness (QED) is 0.407.